The zero-order chi connectivity index (χ0) is 18.5. The summed E-state index contributed by atoms with van der Waals surface area (Å²) < 4.78 is 8.28. The fraction of sp³-hybridized carbons (Fsp3) is 0.500. The average molecular weight is 421 g/mol. The molecule has 26 heavy (non-hydrogen) atoms. The van der Waals surface area contributed by atoms with Gasteiger partial charge < -0.3 is 9.84 Å². The molecule has 0 saturated heterocycles. The largest absolute Gasteiger partial charge is 0.480 e. The van der Waals surface area contributed by atoms with Crippen LogP contribution in [0.1, 0.15) is 31.4 Å². The predicted octanol–water partition coefficient (Wildman–Crippen LogP) is 4.53. The number of carboxylic acid groups (broad SMARTS) is 1. The van der Waals surface area contributed by atoms with E-state index < -0.39 is 5.97 Å². The molecule has 1 N–H and O–H groups in total. The summed E-state index contributed by atoms with van der Waals surface area (Å²) in [5, 5.41) is 13.4. The molecule has 1 aromatic carbocycles. The van der Waals surface area contributed by atoms with Crippen LogP contribution in [0.3, 0.4) is 0 Å². The Balaban J connectivity index is 1.57. The highest BCUT2D eigenvalue weighted by atomic mass is 79.9. The third-order valence-electron chi connectivity index (χ3n) is 5.20. The second-order valence-corrected chi connectivity index (χ2v) is 7.85. The van der Waals surface area contributed by atoms with E-state index in [4.69, 9.17) is 14.9 Å². The summed E-state index contributed by atoms with van der Waals surface area (Å²) in [4.78, 5) is 10.5. The number of aromatic nitrogens is 2. The quantitative estimate of drug-likeness (QED) is 0.714. The number of aliphatic carboxylic acids is 1. The SMILES string of the molecule is Cc1c(-c2ccccc2)c(Br)nn1C[C@H]1CC[C@@H](COCC(=O)O)CC1. The van der Waals surface area contributed by atoms with Crippen LogP contribution in [0.5, 0.6) is 0 Å². The summed E-state index contributed by atoms with van der Waals surface area (Å²) in [5.41, 5.74) is 3.54. The smallest absolute Gasteiger partial charge is 0.329 e. The maximum atomic E-state index is 10.5. The molecule has 0 aliphatic heterocycles. The summed E-state index contributed by atoms with van der Waals surface area (Å²) >= 11 is 3.62. The Morgan fingerprint density at radius 2 is 1.88 bits per heavy atom. The summed E-state index contributed by atoms with van der Waals surface area (Å²) in [7, 11) is 0. The van der Waals surface area contributed by atoms with E-state index in [0.717, 1.165) is 36.8 Å². The maximum absolute atomic E-state index is 10.5. The first-order valence-electron chi connectivity index (χ1n) is 9.12. The Bertz CT molecular complexity index is 737. The molecule has 140 valence electrons. The number of carboxylic acids is 1. The van der Waals surface area contributed by atoms with Crippen LogP contribution in [-0.4, -0.2) is 34.1 Å². The lowest BCUT2D eigenvalue weighted by molar-refractivity contribution is -0.142. The van der Waals surface area contributed by atoms with Crippen molar-refractivity contribution in [2.45, 2.75) is 39.2 Å². The Labute approximate surface area is 162 Å². The fourth-order valence-corrected chi connectivity index (χ4v) is 4.47. The lowest BCUT2D eigenvalue weighted by atomic mass is 9.82. The molecule has 1 saturated carbocycles. The van der Waals surface area contributed by atoms with Crippen LogP contribution >= 0.6 is 15.9 Å². The first-order valence-corrected chi connectivity index (χ1v) is 9.91. The lowest BCUT2D eigenvalue weighted by Crippen LogP contribution is -2.23. The maximum Gasteiger partial charge on any atom is 0.329 e. The van der Waals surface area contributed by atoms with Gasteiger partial charge in [0.2, 0.25) is 0 Å². The molecule has 0 unspecified atom stereocenters. The molecule has 5 nitrogen and oxygen atoms in total. The lowest BCUT2D eigenvalue weighted by Gasteiger charge is -2.28. The number of ether oxygens (including phenoxy) is 1. The molecule has 1 fully saturated rings. The van der Waals surface area contributed by atoms with Crippen LogP contribution in [0.4, 0.5) is 0 Å². The van der Waals surface area contributed by atoms with Crippen molar-refractivity contribution in [2.75, 3.05) is 13.2 Å². The highest BCUT2D eigenvalue weighted by molar-refractivity contribution is 9.10. The molecular weight excluding hydrogens is 396 g/mol. The van der Waals surface area contributed by atoms with E-state index in [2.05, 4.69) is 39.7 Å². The minimum atomic E-state index is -0.896. The van der Waals surface area contributed by atoms with Crippen molar-refractivity contribution in [3.63, 3.8) is 0 Å². The highest BCUT2D eigenvalue weighted by Crippen LogP contribution is 2.34. The second-order valence-electron chi connectivity index (χ2n) is 7.09. The third-order valence-corrected chi connectivity index (χ3v) is 5.76. The van der Waals surface area contributed by atoms with Crippen LogP contribution < -0.4 is 0 Å². The third kappa shape index (κ3) is 4.74. The van der Waals surface area contributed by atoms with Gasteiger partial charge in [0.25, 0.3) is 0 Å². The van der Waals surface area contributed by atoms with Gasteiger partial charge in [-0.15, -0.1) is 0 Å². The average Bonchev–Trinajstić information content (AvgIpc) is 2.90. The zero-order valence-corrected chi connectivity index (χ0v) is 16.6. The van der Waals surface area contributed by atoms with Crippen molar-refractivity contribution in [2.24, 2.45) is 11.8 Å². The zero-order valence-electron chi connectivity index (χ0n) is 15.0. The van der Waals surface area contributed by atoms with Gasteiger partial charge in [-0.05, 0) is 65.9 Å². The standard InChI is InChI=1S/C20H25BrN2O3/c1-14-19(17-5-3-2-4-6-17)20(21)22-23(14)11-15-7-9-16(10-8-15)12-26-13-18(24)25/h2-6,15-16H,7-13H2,1H3,(H,24,25)/t15-,16+. The minimum absolute atomic E-state index is 0.192. The van der Waals surface area contributed by atoms with E-state index in [0.29, 0.717) is 18.4 Å². The van der Waals surface area contributed by atoms with Crippen LogP contribution in [0.25, 0.3) is 11.1 Å². The van der Waals surface area contributed by atoms with E-state index in [1.54, 1.807) is 0 Å². The Morgan fingerprint density at radius 1 is 1.23 bits per heavy atom. The van der Waals surface area contributed by atoms with Crippen molar-refractivity contribution in [1.29, 1.82) is 0 Å². The van der Waals surface area contributed by atoms with E-state index in [-0.39, 0.29) is 6.61 Å². The molecule has 0 atom stereocenters. The Kier molecular flexibility index (Phi) is 6.48. The fourth-order valence-electron chi connectivity index (χ4n) is 3.76. The van der Waals surface area contributed by atoms with Gasteiger partial charge in [0.15, 0.2) is 0 Å². The second kappa shape index (κ2) is 8.82. The normalized spacial score (nSPS) is 20.2. The molecule has 6 heteroatoms. The molecule has 0 amide bonds. The number of carbonyl (C=O) groups is 1. The van der Waals surface area contributed by atoms with E-state index in [9.17, 15) is 4.79 Å². The number of hydrogen-bond donors (Lipinski definition) is 1. The molecular formula is C20H25BrN2O3. The molecule has 2 aromatic rings. The molecule has 0 bridgehead atoms. The van der Waals surface area contributed by atoms with Gasteiger partial charge in [0.05, 0.1) is 6.61 Å². The van der Waals surface area contributed by atoms with Crippen LogP contribution in [0.2, 0.25) is 0 Å². The van der Waals surface area contributed by atoms with Crippen LogP contribution in [0, 0.1) is 18.8 Å². The van der Waals surface area contributed by atoms with Gasteiger partial charge in [-0.25, -0.2) is 4.79 Å². The molecule has 3 rings (SSSR count). The molecule has 1 aliphatic carbocycles. The van der Waals surface area contributed by atoms with Gasteiger partial charge in [-0.3, -0.25) is 4.68 Å². The first-order chi connectivity index (χ1) is 12.5. The molecule has 1 aromatic heterocycles. The van der Waals surface area contributed by atoms with Crippen molar-refractivity contribution in [3.05, 3.63) is 40.6 Å². The van der Waals surface area contributed by atoms with E-state index in [1.165, 1.54) is 16.8 Å². The summed E-state index contributed by atoms with van der Waals surface area (Å²) in [6, 6.07) is 10.3. The number of hydrogen-bond acceptors (Lipinski definition) is 3. The van der Waals surface area contributed by atoms with Gasteiger partial charge >= 0.3 is 5.97 Å². The van der Waals surface area contributed by atoms with Crippen LogP contribution in [0.15, 0.2) is 34.9 Å². The Hall–Kier alpha value is -1.66. The number of rotatable bonds is 7. The van der Waals surface area contributed by atoms with Crippen molar-refractivity contribution in [1.82, 2.24) is 9.78 Å². The topological polar surface area (TPSA) is 64.4 Å². The van der Waals surface area contributed by atoms with Gasteiger partial charge in [-0.1, -0.05) is 30.3 Å². The van der Waals surface area contributed by atoms with Gasteiger partial charge in [0, 0.05) is 17.8 Å². The van der Waals surface area contributed by atoms with Gasteiger partial charge in [-0.2, -0.15) is 5.10 Å². The highest BCUT2D eigenvalue weighted by Gasteiger charge is 2.24. The van der Waals surface area contributed by atoms with E-state index >= 15 is 0 Å². The summed E-state index contributed by atoms with van der Waals surface area (Å²) in [5.74, 6) is 0.198. The number of benzene rings is 1. The molecule has 1 heterocycles. The van der Waals surface area contributed by atoms with Gasteiger partial charge in [0.1, 0.15) is 11.2 Å². The van der Waals surface area contributed by atoms with Crippen molar-refractivity contribution >= 4 is 21.9 Å². The summed E-state index contributed by atoms with van der Waals surface area (Å²) in [6.45, 7) is 3.43. The first kappa shape index (κ1) is 19.1. The monoisotopic (exact) mass is 420 g/mol. The molecule has 0 spiro atoms. The van der Waals surface area contributed by atoms with Crippen molar-refractivity contribution in [3.8, 4) is 11.1 Å². The minimum Gasteiger partial charge on any atom is -0.480 e. The number of halogens is 1. The Morgan fingerprint density at radius 3 is 2.54 bits per heavy atom. The van der Waals surface area contributed by atoms with E-state index in [1.807, 2.05) is 18.2 Å². The summed E-state index contributed by atoms with van der Waals surface area (Å²) in [6.07, 6.45) is 4.46. The van der Waals surface area contributed by atoms with Crippen molar-refractivity contribution < 1.29 is 14.6 Å². The molecule has 0 radical (unpaired) electrons. The predicted molar refractivity (Wildman–Crippen MR) is 104 cm³/mol. The van der Waals surface area contributed by atoms with Crippen LogP contribution in [-0.2, 0) is 16.1 Å². The molecule has 1 aliphatic rings. The number of nitrogens with zero attached hydrogens (tertiary/aromatic N) is 2.